The third kappa shape index (κ3) is 3.99. The molecule has 0 radical (unpaired) electrons. The maximum absolute atomic E-state index is 12.8. The Morgan fingerprint density at radius 3 is 2.56 bits per heavy atom. The zero-order valence-electron chi connectivity index (χ0n) is 14.5. The number of carbonyl (C=O) groups excluding carboxylic acids is 1. The van der Waals surface area contributed by atoms with Crippen LogP contribution in [0.2, 0.25) is 0 Å². The molecule has 0 saturated carbocycles. The molecular weight excluding hydrogens is 378 g/mol. The molecule has 1 N–H and O–H groups in total. The maximum atomic E-state index is 12.8. The van der Waals surface area contributed by atoms with Gasteiger partial charge in [-0.1, -0.05) is 34.1 Å². The fourth-order valence-electron chi connectivity index (χ4n) is 2.83. The second-order valence-electron chi connectivity index (χ2n) is 6.16. The van der Waals surface area contributed by atoms with Gasteiger partial charge in [0.2, 0.25) is 0 Å². The minimum absolute atomic E-state index is 0.109. The SMILES string of the molecule is Cc1cc(C)n(Cc2ccccc2C(=O)Nc2ccc(Br)cc2C)n1. The summed E-state index contributed by atoms with van der Waals surface area (Å²) in [7, 11) is 0. The van der Waals surface area contributed by atoms with Gasteiger partial charge in [0.15, 0.2) is 0 Å². The summed E-state index contributed by atoms with van der Waals surface area (Å²) in [4.78, 5) is 12.8. The summed E-state index contributed by atoms with van der Waals surface area (Å²) in [5.41, 5.74) is 5.49. The molecule has 0 atom stereocenters. The van der Waals surface area contributed by atoms with Crippen molar-refractivity contribution in [2.24, 2.45) is 0 Å². The first-order chi connectivity index (χ1) is 11.9. The number of nitrogens with one attached hydrogen (secondary N) is 1. The molecule has 1 heterocycles. The molecule has 3 aromatic rings. The third-order valence-electron chi connectivity index (χ3n) is 4.12. The van der Waals surface area contributed by atoms with Crippen LogP contribution in [0.15, 0.2) is 53.0 Å². The first-order valence-electron chi connectivity index (χ1n) is 8.10. The van der Waals surface area contributed by atoms with E-state index in [0.717, 1.165) is 32.7 Å². The Bertz CT molecular complexity index is 930. The van der Waals surface area contributed by atoms with E-state index in [1.807, 2.05) is 74.0 Å². The predicted octanol–water partition coefficient (Wildman–Crippen LogP) is 4.87. The Hall–Kier alpha value is -2.40. The van der Waals surface area contributed by atoms with Crippen molar-refractivity contribution in [3.8, 4) is 0 Å². The molecule has 4 nitrogen and oxygen atoms in total. The standard InChI is InChI=1S/C20H20BrN3O/c1-13-10-17(21)8-9-19(13)22-20(25)18-7-5-4-6-16(18)12-24-15(3)11-14(2)23-24/h4-11H,12H2,1-3H3,(H,22,25). The van der Waals surface area contributed by atoms with Crippen molar-refractivity contribution in [3.63, 3.8) is 0 Å². The fourth-order valence-corrected chi connectivity index (χ4v) is 3.31. The lowest BCUT2D eigenvalue weighted by Gasteiger charge is -2.13. The molecule has 1 amide bonds. The van der Waals surface area contributed by atoms with Crippen LogP contribution < -0.4 is 5.32 Å². The first kappa shape index (κ1) is 17.4. The molecule has 0 aliphatic rings. The van der Waals surface area contributed by atoms with Gasteiger partial charge in [-0.2, -0.15) is 5.10 Å². The van der Waals surface area contributed by atoms with Crippen molar-refractivity contribution < 1.29 is 4.79 Å². The number of hydrogen-bond acceptors (Lipinski definition) is 2. The molecule has 5 heteroatoms. The van der Waals surface area contributed by atoms with Crippen LogP contribution in [-0.2, 0) is 6.54 Å². The topological polar surface area (TPSA) is 46.9 Å². The number of amides is 1. The maximum Gasteiger partial charge on any atom is 0.256 e. The number of benzene rings is 2. The Morgan fingerprint density at radius 2 is 1.88 bits per heavy atom. The van der Waals surface area contributed by atoms with Gasteiger partial charge in [0.25, 0.3) is 5.91 Å². The molecular formula is C20H20BrN3O. The van der Waals surface area contributed by atoms with Gasteiger partial charge in [-0.3, -0.25) is 9.48 Å². The van der Waals surface area contributed by atoms with Gasteiger partial charge in [0.1, 0.15) is 0 Å². The normalized spacial score (nSPS) is 10.7. The summed E-state index contributed by atoms with van der Waals surface area (Å²) in [6.45, 7) is 6.54. The molecule has 1 aromatic heterocycles. The van der Waals surface area contributed by atoms with E-state index in [0.29, 0.717) is 12.1 Å². The van der Waals surface area contributed by atoms with Crippen LogP contribution in [0.4, 0.5) is 5.69 Å². The van der Waals surface area contributed by atoms with Crippen molar-refractivity contribution in [1.82, 2.24) is 9.78 Å². The average Bonchev–Trinajstić information content (AvgIpc) is 2.88. The third-order valence-corrected chi connectivity index (χ3v) is 4.62. The summed E-state index contributed by atoms with van der Waals surface area (Å²) in [6.07, 6.45) is 0. The number of anilines is 1. The van der Waals surface area contributed by atoms with Crippen molar-refractivity contribution in [2.75, 3.05) is 5.32 Å². The van der Waals surface area contributed by atoms with E-state index in [1.165, 1.54) is 0 Å². The highest BCUT2D eigenvalue weighted by Crippen LogP contribution is 2.21. The number of aromatic nitrogens is 2. The molecule has 0 unspecified atom stereocenters. The van der Waals surface area contributed by atoms with Crippen LogP contribution in [0.25, 0.3) is 0 Å². The molecule has 0 aliphatic heterocycles. The van der Waals surface area contributed by atoms with Gasteiger partial charge < -0.3 is 5.32 Å². The lowest BCUT2D eigenvalue weighted by molar-refractivity contribution is 0.102. The summed E-state index contributed by atoms with van der Waals surface area (Å²) in [6, 6.07) is 15.5. The van der Waals surface area contributed by atoms with E-state index in [1.54, 1.807) is 0 Å². The zero-order valence-corrected chi connectivity index (χ0v) is 16.1. The Balaban J connectivity index is 1.87. The Labute approximate surface area is 156 Å². The van der Waals surface area contributed by atoms with E-state index in [2.05, 4.69) is 26.3 Å². The summed E-state index contributed by atoms with van der Waals surface area (Å²) < 4.78 is 2.92. The summed E-state index contributed by atoms with van der Waals surface area (Å²) >= 11 is 3.44. The highest BCUT2D eigenvalue weighted by atomic mass is 79.9. The van der Waals surface area contributed by atoms with Gasteiger partial charge in [-0.05, 0) is 62.2 Å². The highest BCUT2D eigenvalue weighted by Gasteiger charge is 2.13. The quantitative estimate of drug-likeness (QED) is 0.682. The van der Waals surface area contributed by atoms with Gasteiger partial charge in [0.05, 0.1) is 12.2 Å². The lowest BCUT2D eigenvalue weighted by Crippen LogP contribution is -2.16. The summed E-state index contributed by atoms with van der Waals surface area (Å²) in [5.74, 6) is -0.109. The van der Waals surface area contributed by atoms with Crippen molar-refractivity contribution in [3.05, 3.63) is 81.1 Å². The number of hydrogen-bond donors (Lipinski definition) is 1. The van der Waals surface area contributed by atoms with Crippen molar-refractivity contribution in [1.29, 1.82) is 0 Å². The molecule has 0 fully saturated rings. The lowest BCUT2D eigenvalue weighted by atomic mass is 10.1. The Kier molecular flexibility index (Phi) is 5.04. The van der Waals surface area contributed by atoms with Crippen LogP contribution in [-0.4, -0.2) is 15.7 Å². The van der Waals surface area contributed by atoms with Crippen LogP contribution in [0.1, 0.15) is 32.9 Å². The largest absolute Gasteiger partial charge is 0.322 e. The van der Waals surface area contributed by atoms with E-state index in [9.17, 15) is 4.79 Å². The zero-order chi connectivity index (χ0) is 18.0. The van der Waals surface area contributed by atoms with Gasteiger partial charge in [0, 0.05) is 21.4 Å². The van der Waals surface area contributed by atoms with Crippen LogP contribution >= 0.6 is 15.9 Å². The number of halogens is 1. The molecule has 0 bridgehead atoms. The molecule has 3 rings (SSSR count). The van der Waals surface area contributed by atoms with E-state index < -0.39 is 0 Å². The van der Waals surface area contributed by atoms with Crippen molar-refractivity contribution >= 4 is 27.5 Å². The Morgan fingerprint density at radius 1 is 1.12 bits per heavy atom. The number of rotatable bonds is 4. The molecule has 0 saturated heterocycles. The van der Waals surface area contributed by atoms with Gasteiger partial charge in [-0.15, -0.1) is 0 Å². The molecule has 0 aliphatic carbocycles. The molecule has 0 spiro atoms. The van der Waals surface area contributed by atoms with Crippen LogP contribution in [0, 0.1) is 20.8 Å². The molecule has 25 heavy (non-hydrogen) atoms. The fraction of sp³-hybridized carbons (Fsp3) is 0.200. The molecule has 128 valence electrons. The minimum Gasteiger partial charge on any atom is -0.322 e. The monoisotopic (exact) mass is 397 g/mol. The summed E-state index contributed by atoms with van der Waals surface area (Å²) in [5, 5.41) is 7.50. The highest BCUT2D eigenvalue weighted by molar-refractivity contribution is 9.10. The van der Waals surface area contributed by atoms with Gasteiger partial charge in [-0.25, -0.2) is 0 Å². The first-order valence-corrected chi connectivity index (χ1v) is 8.90. The smallest absolute Gasteiger partial charge is 0.256 e. The average molecular weight is 398 g/mol. The second-order valence-corrected chi connectivity index (χ2v) is 7.07. The van der Waals surface area contributed by atoms with E-state index in [4.69, 9.17) is 0 Å². The number of nitrogens with zero attached hydrogens (tertiary/aromatic N) is 2. The predicted molar refractivity (Wildman–Crippen MR) is 104 cm³/mol. The minimum atomic E-state index is -0.109. The van der Waals surface area contributed by atoms with E-state index >= 15 is 0 Å². The number of carbonyl (C=O) groups is 1. The van der Waals surface area contributed by atoms with Crippen LogP contribution in [0.5, 0.6) is 0 Å². The van der Waals surface area contributed by atoms with Crippen LogP contribution in [0.3, 0.4) is 0 Å². The second kappa shape index (κ2) is 7.23. The van der Waals surface area contributed by atoms with E-state index in [-0.39, 0.29) is 5.91 Å². The van der Waals surface area contributed by atoms with Crippen molar-refractivity contribution in [2.45, 2.75) is 27.3 Å². The van der Waals surface area contributed by atoms with Gasteiger partial charge >= 0.3 is 0 Å². The molecule has 2 aromatic carbocycles. The number of aryl methyl sites for hydroxylation is 3.